The van der Waals surface area contributed by atoms with Gasteiger partial charge in [0, 0.05) is 6.54 Å². The van der Waals surface area contributed by atoms with E-state index in [1.165, 1.54) is 10.6 Å². The Kier molecular flexibility index (Phi) is 8.32. The average molecular weight is 469 g/mol. The summed E-state index contributed by atoms with van der Waals surface area (Å²) in [4.78, 5) is 12.1. The standard InChI is InChI=1S/C25H28N2O5S/c1-31-23-12-8-20(9-13-23)16-17-26-25(28)19-32-24-14-10-22(11-15-24)27(33(2,29)30)18-21-6-4-3-5-7-21/h3-15H,16-19H2,1-2H3,(H,26,28). The van der Waals surface area contributed by atoms with Gasteiger partial charge in [-0.3, -0.25) is 9.10 Å². The predicted molar refractivity (Wildman–Crippen MR) is 129 cm³/mol. The van der Waals surface area contributed by atoms with Crippen molar-refractivity contribution in [3.05, 3.63) is 90.0 Å². The Labute approximate surface area is 195 Å². The molecule has 0 aliphatic rings. The molecule has 3 rings (SSSR count). The molecule has 0 saturated carbocycles. The Morgan fingerprint density at radius 1 is 0.879 bits per heavy atom. The van der Waals surface area contributed by atoms with Crippen LogP contribution in [-0.2, 0) is 27.8 Å². The second kappa shape index (κ2) is 11.4. The highest BCUT2D eigenvalue weighted by atomic mass is 32.2. The molecule has 1 N–H and O–H groups in total. The highest BCUT2D eigenvalue weighted by Crippen LogP contribution is 2.23. The van der Waals surface area contributed by atoms with E-state index in [1.807, 2.05) is 54.6 Å². The lowest BCUT2D eigenvalue weighted by atomic mass is 10.1. The first-order valence-electron chi connectivity index (χ1n) is 10.5. The fourth-order valence-electron chi connectivity index (χ4n) is 3.20. The van der Waals surface area contributed by atoms with Gasteiger partial charge >= 0.3 is 0 Å². The minimum absolute atomic E-state index is 0.123. The maximum absolute atomic E-state index is 12.3. The Balaban J connectivity index is 1.50. The summed E-state index contributed by atoms with van der Waals surface area (Å²) >= 11 is 0. The molecule has 0 unspecified atom stereocenters. The summed E-state index contributed by atoms with van der Waals surface area (Å²) in [6.45, 7) is 0.606. The van der Waals surface area contributed by atoms with Crippen LogP contribution in [0.25, 0.3) is 0 Å². The van der Waals surface area contributed by atoms with E-state index in [0.29, 0.717) is 24.4 Å². The van der Waals surface area contributed by atoms with Crippen molar-refractivity contribution in [2.75, 3.05) is 30.8 Å². The zero-order valence-corrected chi connectivity index (χ0v) is 19.5. The van der Waals surface area contributed by atoms with Gasteiger partial charge < -0.3 is 14.8 Å². The molecule has 0 aliphatic heterocycles. The average Bonchev–Trinajstić information content (AvgIpc) is 2.82. The molecule has 33 heavy (non-hydrogen) atoms. The highest BCUT2D eigenvalue weighted by Gasteiger charge is 2.18. The summed E-state index contributed by atoms with van der Waals surface area (Å²) in [5.41, 5.74) is 2.51. The Morgan fingerprint density at radius 2 is 1.52 bits per heavy atom. The van der Waals surface area contributed by atoms with Gasteiger partial charge in [0.1, 0.15) is 11.5 Å². The van der Waals surface area contributed by atoms with E-state index >= 15 is 0 Å². The number of anilines is 1. The fourth-order valence-corrected chi connectivity index (χ4v) is 4.08. The smallest absolute Gasteiger partial charge is 0.257 e. The minimum Gasteiger partial charge on any atom is -0.497 e. The lowest BCUT2D eigenvalue weighted by molar-refractivity contribution is -0.123. The van der Waals surface area contributed by atoms with Gasteiger partial charge in [0.05, 0.1) is 25.6 Å². The number of benzene rings is 3. The summed E-state index contributed by atoms with van der Waals surface area (Å²) in [5.74, 6) is 1.05. The molecule has 174 valence electrons. The van der Waals surface area contributed by atoms with Gasteiger partial charge in [-0.15, -0.1) is 0 Å². The third kappa shape index (κ3) is 7.54. The highest BCUT2D eigenvalue weighted by molar-refractivity contribution is 7.92. The van der Waals surface area contributed by atoms with Crippen LogP contribution in [0.1, 0.15) is 11.1 Å². The van der Waals surface area contributed by atoms with Gasteiger partial charge in [-0.2, -0.15) is 0 Å². The zero-order valence-electron chi connectivity index (χ0n) is 18.7. The summed E-state index contributed by atoms with van der Waals surface area (Å²) in [6, 6.07) is 23.7. The number of sulfonamides is 1. The van der Waals surface area contributed by atoms with Crippen LogP contribution in [0.5, 0.6) is 11.5 Å². The number of amides is 1. The molecule has 8 heteroatoms. The van der Waals surface area contributed by atoms with Crippen molar-refractivity contribution < 1.29 is 22.7 Å². The molecule has 0 saturated heterocycles. The molecule has 1 amide bonds. The lowest BCUT2D eigenvalue weighted by Crippen LogP contribution is -2.30. The van der Waals surface area contributed by atoms with Crippen LogP contribution in [0, 0.1) is 0 Å². The second-order valence-corrected chi connectivity index (χ2v) is 9.39. The van der Waals surface area contributed by atoms with Crippen LogP contribution in [-0.4, -0.2) is 40.8 Å². The number of hydrogen-bond acceptors (Lipinski definition) is 5. The monoisotopic (exact) mass is 468 g/mol. The molecule has 0 aliphatic carbocycles. The molecule has 0 aromatic heterocycles. The van der Waals surface area contributed by atoms with Gasteiger partial charge in [0.25, 0.3) is 5.91 Å². The topological polar surface area (TPSA) is 84.9 Å². The molecule has 0 radical (unpaired) electrons. The molecule has 3 aromatic rings. The van der Waals surface area contributed by atoms with Crippen LogP contribution in [0.4, 0.5) is 5.69 Å². The first kappa shape index (κ1) is 24.1. The lowest BCUT2D eigenvalue weighted by Gasteiger charge is -2.22. The van der Waals surface area contributed by atoms with Gasteiger partial charge in [0.15, 0.2) is 6.61 Å². The second-order valence-electron chi connectivity index (χ2n) is 7.49. The third-order valence-corrected chi connectivity index (χ3v) is 6.10. The van der Waals surface area contributed by atoms with E-state index in [4.69, 9.17) is 9.47 Å². The number of methoxy groups -OCH3 is 1. The van der Waals surface area contributed by atoms with Gasteiger partial charge in [-0.1, -0.05) is 42.5 Å². The van der Waals surface area contributed by atoms with E-state index in [9.17, 15) is 13.2 Å². The Hall–Kier alpha value is -3.52. The number of carbonyl (C=O) groups excluding carboxylic acids is 1. The van der Waals surface area contributed by atoms with Gasteiger partial charge in [-0.05, 0) is 53.9 Å². The van der Waals surface area contributed by atoms with Gasteiger partial charge in [-0.25, -0.2) is 8.42 Å². The summed E-state index contributed by atoms with van der Waals surface area (Å²) < 4.78 is 36.6. The Morgan fingerprint density at radius 3 is 2.12 bits per heavy atom. The molecule has 3 aromatic carbocycles. The summed E-state index contributed by atoms with van der Waals surface area (Å²) in [5, 5.41) is 2.82. The fraction of sp³-hybridized carbons (Fsp3) is 0.240. The number of rotatable bonds is 11. The van der Waals surface area contributed by atoms with E-state index < -0.39 is 10.0 Å². The quantitative estimate of drug-likeness (QED) is 0.466. The van der Waals surface area contributed by atoms with Crippen LogP contribution < -0.4 is 19.1 Å². The molecule has 0 spiro atoms. The number of nitrogens with one attached hydrogen (secondary N) is 1. The largest absolute Gasteiger partial charge is 0.497 e. The molecule has 0 heterocycles. The Bertz CT molecular complexity index is 1130. The zero-order chi connectivity index (χ0) is 23.7. The van der Waals surface area contributed by atoms with Crippen molar-refractivity contribution >= 4 is 21.6 Å². The maximum atomic E-state index is 12.3. The molecule has 0 atom stereocenters. The van der Waals surface area contributed by atoms with Crippen LogP contribution >= 0.6 is 0 Å². The summed E-state index contributed by atoms with van der Waals surface area (Å²) in [7, 11) is -1.85. The summed E-state index contributed by atoms with van der Waals surface area (Å²) in [6.07, 6.45) is 1.88. The van der Waals surface area contributed by atoms with Crippen molar-refractivity contribution in [2.45, 2.75) is 13.0 Å². The first-order valence-corrected chi connectivity index (χ1v) is 12.3. The number of ether oxygens (including phenoxy) is 2. The van der Waals surface area contributed by atoms with E-state index in [0.717, 1.165) is 16.9 Å². The van der Waals surface area contributed by atoms with Crippen molar-refractivity contribution in [3.8, 4) is 11.5 Å². The van der Waals surface area contributed by atoms with E-state index in [-0.39, 0.29) is 19.1 Å². The van der Waals surface area contributed by atoms with E-state index in [2.05, 4.69) is 5.32 Å². The first-order chi connectivity index (χ1) is 15.8. The molecule has 7 nitrogen and oxygen atoms in total. The molecular weight excluding hydrogens is 440 g/mol. The van der Waals surface area contributed by atoms with Crippen molar-refractivity contribution in [2.24, 2.45) is 0 Å². The van der Waals surface area contributed by atoms with Crippen molar-refractivity contribution in [1.82, 2.24) is 5.32 Å². The molecule has 0 bridgehead atoms. The molecular formula is C25H28N2O5S. The number of nitrogens with zero attached hydrogens (tertiary/aromatic N) is 1. The predicted octanol–water partition coefficient (Wildman–Crippen LogP) is 3.40. The van der Waals surface area contributed by atoms with Crippen molar-refractivity contribution in [1.29, 1.82) is 0 Å². The molecule has 0 fully saturated rings. The maximum Gasteiger partial charge on any atom is 0.257 e. The van der Waals surface area contributed by atoms with E-state index in [1.54, 1.807) is 31.4 Å². The normalized spacial score (nSPS) is 11.0. The number of carbonyl (C=O) groups is 1. The van der Waals surface area contributed by atoms with Crippen molar-refractivity contribution in [3.63, 3.8) is 0 Å². The number of hydrogen-bond donors (Lipinski definition) is 1. The van der Waals surface area contributed by atoms with Crippen LogP contribution in [0.3, 0.4) is 0 Å². The van der Waals surface area contributed by atoms with Crippen LogP contribution in [0.2, 0.25) is 0 Å². The third-order valence-electron chi connectivity index (χ3n) is 4.96. The SMILES string of the molecule is COc1ccc(CCNC(=O)COc2ccc(N(Cc3ccccc3)S(C)(=O)=O)cc2)cc1. The minimum atomic E-state index is -3.47. The van der Waals surface area contributed by atoms with Crippen LogP contribution in [0.15, 0.2) is 78.9 Å². The van der Waals surface area contributed by atoms with Gasteiger partial charge in [0.2, 0.25) is 10.0 Å².